The normalized spacial score (nSPS) is 21.5. The fourth-order valence-corrected chi connectivity index (χ4v) is 3.91. The van der Waals surface area contributed by atoms with Crippen LogP contribution in [0, 0.1) is 0 Å². The van der Waals surface area contributed by atoms with Gasteiger partial charge in [-0.25, -0.2) is 0 Å². The third-order valence-corrected chi connectivity index (χ3v) is 5.32. The summed E-state index contributed by atoms with van der Waals surface area (Å²) in [6, 6.07) is 13.6. The standard InChI is InChI=1S/C20H20F6N2/c21-19(22,23)18(20(24,25)26,16-9-5-2-6-10-16)13-17(14-27-11-12-28-17)15-7-3-1-4-8-15/h1-10,27-28H,11-14H2. The number of piperazine rings is 1. The van der Waals surface area contributed by atoms with Crippen molar-refractivity contribution >= 4 is 0 Å². The molecule has 1 unspecified atom stereocenters. The number of rotatable bonds is 4. The number of halogens is 6. The lowest BCUT2D eigenvalue weighted by molar-refractivity contribution is -0.310. The molecule has 0 amide bonds. The smallest absolute Gasteiger partial charge is 0.313 e. The molecular weight excluding hydrogens is 382 g/mol. The minimum atomic E-state index is -5.53. The predicted molar refractivity (Wildman–Crippen MR) is 93.8 cm³/mol. The summed E-state index contributed by atoms with van der Waals surface area (Å²) < 4.78 is 85.4. The van der Waals surface area contributed by atoms with E-state index in [1.807, 2.05) is 0 Å². The zero-order chi connectivity index (χ0) is 20.5. The van der Waals surface area contributed by atoms with Crippen molar-refractivity contribution in [2.75, 3.05) is 19.6 Å². The monoisotopic (exact) mass is 402 g/mol. The van der Waals surface area contributed by atoms with Crippen LogP contribution in [-0.2, 0) is 11.0 Å². The van der Waals surface area contributed by atoms with Crippen LogP contribution in [0.25, 0.3) is 0 Å². The van der Waals surface area contributed by atoms with Crippen LogP contribution >= 0.6 is 0 Å². The van der Waals surface area contributed by atoms with E-state index >= 15 is 0 Å². The molecule has 0 radical (unpaired) electrons. The zero-order valence-electron chi connectivity index (χ0n) is 14.9. The van der Waals surface area contributed by atoms with Crippen molar-refractivity contribution in [3.05, 3.63) is 71.8 Å². The van der Waals surface area contributed by atoms with E-state index in [0.29, 0.717) is 12.1 Å². The molecule has 8 heteroatoms. The molecule has 28 heavy (non-hydrogen) atoms. The van der Waals surface area contributed by atoms with Crippen molar-refractivity contribution in [1.29, 1.82) is 0 Å². The SMILES string of the molecule is FC(F)(F)C(CC1(c2ccccc2)CNCCN1)(c1ccccc1)C(F)(F)F. The van der Waals surface area contributed by atoms with Gasteiger partial charge in [0, 0.05) is 19.6 Å². The molecule has 1 saturated heterocycles. The Kier molecular flexibility index (Phi) is 5.46. The number of benzene rings is 2. The summed E-state index contributed by atoms with van der Waals surface area (Å²) >= 11 is 0. The van der Waals surface area contributed by atoms with Gasteiger partial charge in [-0.15, -0.1) is 0 Å². The van der Waals surface area contributed by atoms with E-state index in [-0.39, 0.29) is 13.1 Å². The van der Waals surface area contributed by atoms with E-state index in [0.717, 1.165) is 12.1 Å². The first-order valence-corrected chi connectivity index (χ1v) is 8.83. The molecule has 0 spiro atoms. The van der Waals surface area contributed by atoms with Crippen molar-refractivity contribution in [2.45, 2.75) is 29.7 Å². The van der Waals surface area contributed by atoms with Crippen LogP contribution in [0.1, 0.15) is 17.5 Å². The Morgan fingerprint density at radius 2 is 1.29 bits per heavy atom. The van der Waals surface area contributed by atoms with Gasteiger partial charge in [0.25, 0.3) is 0 Å². The third kappa shape index (κ3) is 3.51. The fraction of sp³-hybridized carbons (Fsp3) is 0.400. The van der Waals surface area contributed by atoms with Gasteiger partial charge < -0.3 is 10.6 Å². The molecule has 1 atom stereocenters. The first-order chi connectivity index (χ1) is 13.1. The maximum atomic E-state index is 14.2. The second-order valence-corrected chi connectivity index (χ2v) is 7.00. The van der Waals surface area contributed by atoms with Crippen LogP contribution in [0.3, 0.4) is 0 Å². The van der Waals surface area contributed by atoms with Gasteiger partial charge in [-0.1, -0.05) is 60.7 Å². The summed E-state index contributed by atoms with van der Waals surface area (Å²) in [4.78, 5) is 0. The van der Waals surface area contributed by atoms with Crippen LogP contribution in [0.15, 0.2) is 60.7 Å². The Labute approximate surface area is 158 Å². The molecule has 0 aliphatic carbocycles. The molecule has 152 valence electrons. The fourth-order valence-electron chi connectivity index (χ4n) is 3.91. The van der Waals surface area contributed by atoms with Crippen molar-refractivity contribution in [3.63, 3.8) is 0 Å². The second-order valence-electron chi connectivity index (χ2n) is 7.00. The molecule has 2 nitrogen and oxygen atoms in total. The van der Waals surface area contributed by atoms with Crippen molar-refractivity contribution < 1.29 is 26.3 Å². The molecule has 1 aliphatic heterocycles. The Morgan fingerprint density at radius 1 is 0.750 bits per heavy atom. The maximum Gasteiger partial charge on any atom is 0.407 e. The number of alkyl halides is 6. The van der Waals surface area contributed by atoms with E-state index in [1.54, 1.807) is 30.3 Å². The molecule has 2 N–H and O–H groups in total. The van der Waals surface area contributed by atoms with Gasteiger partial charge in [-0.3, -0.25) is 0 Å². The Balaban J connectivity index is 2.23. The van der Waals surface area contributed by atoms with Gasteiger partial charge in [0.2, 0.25) is 0 Å². The quantitative estimate of drug-likeness (QED) is 0.735. The van der Waals surface area contributed by atoms with Gasteiger partial charge in [-0.05, 0) is 17.5 Å². The molecule has 1 aliphatic rings. The van der Waals surface area contributed by atoms with E-state index in [4.69, 9.17) is 0 Å². The summed E-state index contributed by atoms with van der Waals surface area (Å²) in [5.74, 6) is 0. The van der Waals surface area contributed by atoms with Crippen molar-refractivity contribution in [1.82, 2.24) is 10.6 Å². The second kappa shape index (κ2) is 7.40. The van der Waals surface area contributed by atoms with Gasteiger partial charge in [0.1, 0.15) is 0 Å². The average Bonchev–Trinajstić information content (AvgIpc) is 2.66. The first kappa shape index (κ1) is 20.7. The minimum Gasteiger partial charge on any atom is -0.313 e. The summed E-state index contributed by atoms with van der Waals surface area (Å²) in [5, 5.41) is 5.91. The van der Waals surface area contributed by atoms with Crippen molar-refractivity contribution in [2.24, 2.45) is 0 Å². The van der Waals surface area contributed by atoms with E-state index in [1.165, 1.54) is 18.2 Å². The molecule has 2 aromatic carbocycles. The summed E-state index contributed by atoms with van der Waals surface area (Å²) in [6.07, 6.45) is -12.3. The summed E-state index contributed by atoms with van der Waals surface area (Å²) in [5.41, 5.74) is -5.96. The van der Waals surface area contributed by atoms with Crippen LogP contribution < -0.4 is 10.6 Å². The van der Waals surface area contributed by atoms with E-state index in [9.17, 15) is 26.3 Å². The van der Waals surface area contributed by atoms with Crippen LogP contribution in [0.5, 0.6) is 0 Å². The zero-order valence-corrected chi connectivity index (χ0v) is 14.9. The lowest BCUT2D eigenvalue weighted by Crippen LogP contribution is -2.64. The highest BCUT2D eigenvalue weighted by molar-refractivity contribution is 5.35. The lowest BCUT2D eigenvalue weighted by Gasteiger charge is -2.47. The highest BCUT2D eigenvalue weighted by atomic mass is 19.4. The number of nitrogens with one attached hydrogen (secondary N) is 2. The molecule has 1 heterocycles. The maximum absolute atomic E-state index is 14.2. The highest BCUT2D eigenvalue weighted by Gasteiger charge is 2.73. The lowest BCUT2D eigenvalue weighted by atomic mass is 9.67. The predicted octanol–water partition coefficient (Wildman–Crippen LogP) is 4.53. The largest absolute Gasteiger partial charge is 0.407 e. The first-order valence-electron chi connectivity index (χ1n) is 8.83. The number of hydrogen-bond donors (Lipinski definition) is 2. The number of hydrogen-bond acceptors (Lipinski definition) is 2. The topological polar surface area (TPSA) is 24.1 Å². The summed E-state index contributed by atoms with van der Waals surface area (Å²) in [6.45, 7) is 0.679. The van der Waals surface area contributed by atoms with Crippen LogP contribution in [-0.4, -0.2) is 32.0 Å². The van der Waals surface area contributed by atoms with E-state index < -0.39 is 35.3 Å². The van der Waals surface area contributed by atoms with Crippen molar-refractivity contribution in [3.8, 4) is 0 Å². The Hall–Kier alpha value is -2.06. The van der Waals surface area contributed by atoms with E-state index in [2.05, 4.69) is 10.6 Å². The third-order valence-electron chi connectivity index (χ3n) is 5.32. The van der Waals surface area contributed by atoms with Gasteiger partial charge >= 0.3 is 12.4 Å². The van der Waals surface area contributed by atoms with Crippen LogP contribution in [0.2, 0.25) is 0 Å². The van der Waals surface area contributed by atoms with Gasteiger partial charge in [0.15, 0.2) is 5.41 Å². The molecule has 3 rings (SSSR count). The molecule has 2 aromatic rings. The molecule has 1 fully saturated rings. The Bertz CT molecular complexity index is 751. The van der Waals surface area contributed by atoms with Crippen LogP contribution in [0.4, 0.5) is 26.3 Å². The molecule has 0 saturated carbocycles. The summed E-state index contributed by atoms with van der Waals surface area (Å²) in [7, 11) is 0. The molecular formula is C20H20F6N2. The average molecular weight is 402 g/mol. The van der Waals surface area contributed by atoms with Gasteiger partial charge in [0.05, 0.1) is 5.54 Å². The van der Waals surface area contributed by atoms with Gasteiger partial charge in [-0.2, -0.15) is 26.3 Å². The molecule has 0 bridgehead atoms. The minimum absolute atomic E-state index is 0.0439. The Morgan fingerprint density at radius 3 is 1.75 bits per heavy atom. The highest BCUT2D eigenvalue weighted by Crippen LogP contribution is 2.57. The molecule has 0 aromatic heterocycles.